The number of hydrogen-bond acceptors (Lipinski definition) is 8. The second kappa shape index (κ2) is 15.5. The van der Waals surface area contributed by atoms with Gasteiger partial charge in [0.05, 0.1) is 36.9 Å². The Labute approximate surface area is 225 Å². The zero-order valence-corrected chi connectivity index (χ0v) is 22.8. The second-order valence-corrected chi connectivity index (χ2v) is 10.5. The van der Waals surface area contributed by atoms with Crippen molar-refractivity contribution in [2.45, 2.75) is 90.9 Å². The molecule has 0 radical (unpaired) electrons. The molecule has 0 amide bonds. The molecular formula is C30H42O8. The van der Waals surface area contributed by atoms with E-state index in [1.54, 1.807) is 24.3 Å². The lowest BCUT2D eigenvalue weighted by Gasteiger charge is -2.26. The molecule has 8 heteroatoms. The number of benzene rings is 1. The molecule has 1 aromatic carbocycles. The second-order valence-electron chi connectivity index (χ2n) is 10.5. The van der Waals surface area contributed by atoms with E-state index in [9.17, 15) is 19.2 Å². The van der Waals surface area contributed by atoms with E-state index in [0.717, 1.165) is 25.7 Å². The third kappa shape index (κ3) is 9.14. The van der Waals surface area contributed by atoms with E-state index in [1.165, 1.54) is 0 Å². The van der Waals surface area contributed by atoms with Crippen LogP contribution in [-0.2, 0) is 28.7 Å². The molecule has 0 aliphatic heterocycles. The molecule has 0 aromatic heterocycles. The van der Waals surface area contributed by atoms with Crippen molar-refractivity contribution in [2.24, 2.45) is 23.7 Å². The largest absolute Gasteiger partial charge is 0.465 e. The van der Waals surface area contributed by atoms with Gasteiger partial charge in [-0.05, 0) is 88.5 Å². The molecule has 0 atom stereocenters. The quantitative estimate of drug-likeness (QED) is 0.190. The molecule has 2 aliphatic rings. The summed E-state index contributed by atoms with van der Waals surface area (Å²) in [5.74, 6) is -0.927. The first-order chi connectivity index (χ1) is 18.4. The Hall–Kier alpha value is -2.90. The van der Waals surface area contributed by atoms with Crippen LogP contribution in [0.3, 0.4) is 0 Å². The molecule has 3 rings (SSSR count). The van der Waals surface area contributed by atoms with Crippen LogP contribution < -0.4 is 9.47 Å². The van der Waals surface area contributed by atoms with Crippen molar-refractivity contribution >= 4 is 23.9 Å². The zero-order valence-electron chi connectivity index (χ0n) is 22.8. The van der Waals surface area contributed by atoms with Crippen molar-refractivity contribution in [1.29, 1.82) is 0 Å². The summed E-state index contributed by atoms with van der Waals surface area (Å²) in [5.41, 5.74) is 0. The van der Waals surface area contributed by atoms with Gasteiger partial charge in [-0.1, -0.05) is 26.7 Å². The molecule has 0 N–H and O–H groups in total. The van der Waals surface area contributed by atoms with Crippen LogP contribution in [0.2, 0.25) is 0 Å². The summed E-state index contributed by atoms with van der Waals surface area (Å²) < 4.78 is 21.7. The third-order valence-corrected chi connectivity index (χ3v) is 7.53. The number of hydrogen-bond donors (Lipinski definition) is 0. The van der Waals surface area contributed by atoms with E-state index < -0.39 is 0 Å². The Morgan fingerprint density at radius 2 is 0.842 bits per heavy atom. The Morgan fingerprint density at radius 1 is 0.553 bits per heavy atom. The topological polar surface area (TPSA) is 105 Å². The minimum Gasteiger partial charge on any atom is -0.465 e. The monoisotopic (exact) mass is 530 g/mol. The van der Waals surface area contributed by atoms with Crippen molar-refractivity contribution in [2.75, 3.05) is 13.2 Å². The summed E-state index contributed by atoms with van der Waals surface area (Å²) in [6, 6.07) is 6.45. The molecule has 0 unspecified atom stereocenters. The molecule has 0 saturated heterocycles. The van der Waals surface area contributed by atoms with Gasteiger partial charge in [-0.15, -0.1) is 0 Å². The fourth-order valence-electron chi connectivity index (χ4n) is 4.97. The molecule has 210 valence electrons. The van der Waals surface area contributed by atoms with Crippen molar-refractivity contribution < 1.29 is 38.1 Å². The van der Waals surface area contributed by atoms with Gasteiger partial charge < -0.3 is 18.9 Å². The summed E-state index contributed by atoms with van der Waals surface area (Å²) in [5, 5.41) is 0. The average Bonchev–Trinajstić information content (AvgIpc) is 2.94. The van der Waals surface area contributed by atoms with E-state index in [4.69, 9.17) is 18.9 Å². The lowest BCUT2D eigenvalue weighted by Crippen LogP contribution is -2.29. The third-order valence-electron chi connectivity index (χ3n) is 7.53. The van der Waals surface area contributed by atoms with Crippen LogP contribution in [0.15, 0.2) is 24.3 Å². The Kier molecular flexibility index (Phi) is 12.1. The average molecular weight is 531 g/mol. The molecule has 2 aliphatic carbocycles. The van der Waals surface area contributed by atoms with Gasteiger partial charge in [-0.25, -0.2) is 0 Å². The Morgan fingerprint density at radius 3 is 1.13 bits per heavy atom. The first kappa shape index (κ1) is 29.7. The molecule has 1 aromatic rings. The molecule has 0 bridgehead atoms. The van der Waals surface area contributed by atoms with Gasteiger partial charge in [-0.3, -0.25) is 19.2 Å². The maximum Gasteiger partial charge on any atom is 0.314 e. The maximum absolute atomic E-state index is 12.6. The lowest BCUT2D eigenvalue weighted by atomic mass is 9.82. The standard InChI is InChI=1S/C30H42O8/c1-3-5-19-35-27(31)21-7-11-23(12-8-21)29(33)37-25-15-17-26(18-16-25)38-30(34)24-13-9-22(10-14-24)28(32)36-20-6-4-2/h15-18,21-24H,3-14,19-20H2,1-2H3/t21-,22-,23-,24-. The molecular weight excluding hydrogens is 488 g/mol. The fraction of sp³-hybridized carbons (Fsp3) is 0.667. The fourth-order valence-corrected chi connectivity index (χ4v) is 4.97. The Bertz CT molecular complexity index is 834. The summed E-state index contributed by atoms with van der Waals surface area (Å²) in [6.45, 7) is 5.01. The molecule has 0 spiro atoms. The van der Waals surface area contributed by atoms with Crippen LogP contribution in [0, 0.1) is 23.7 Å². The van der Waals surface area contributed by atoms with Crippen LogP contribution >= 0.6 is 0 Å². The van der Waals surface area contributed by atoms with E-state index in [1.807, 2.05) is 13.8 Å². The number of rotatable bonds is 12. The number of esters is 4. The van der Waals surface area contributed by atoms with Crippen LogP contribution in [0.4, 0.5) is 0 Å². The Balaban J connectivity index is 1.37. The highest BCUT2D eigenvalue weighted by atomic mass is 16.5. The summed E-state index contributed by atoms with van der Waals surface area (Å²) in [7, 11) is 0. The highest BCUT2D eigenvalue weighted by molar-refractivity contribution is 5.78. The van der Waals surface area contributed by atoms with Gasteiger partial charge in [0.15, 0.2) is 0 Å². The lowest BCUT2D eigenvalue weighted by molar-refractivity contribution is -0.152. The van der Waals surface area contributed by atoms with Gasteiger partial charge in [0.25, 0.3) is 0 Å². The summed E-state index contributed by atoms with van der Waals surface area (Å²) in [4.78, 5) is 49.5. The van der Waals surface area contributed by atoms with Crippen LogP contribution in [0.1, 0.15) is 90.9 Å². The van der Waals surface area contributed by atoms with Crippen molar-refractivity contribution in [3.8, 4) is 11.5 Å². The maximum atomic E-state index is 12.6. The van der Waals surface area contributed by atoms with E-state index in [0.29, 0.717) is 76.1 Å². The molecule has 2 saturated carbocycles. The van der Waals surface area contributed by atoms with Gasteiger partial charge in [-0.2, -0.15) is 0 Å². The highest BCUT2D eigenvalue weighted by Gasteiger charge is 2.33. The van der Waals surface area contributed by atoms with Crippen molar-refractivity contribution in [1.82, 2.24) is 0 Å². The minimum absolute atomic E-state index is 0.139. The molecule has 2 fully saturated rings. The van der Waals surface area contributed by atoms with Crippen molar-refractivity contribution in [3.63, 3.8) is 0 Å². The van der Waals surface area contributed by atoms with Crippen molar-refractivity contribution in [3.05, 3.63) is 24.3 Å². The van der Waals surface area contributed by atoms with E-state index >= 15 is 0 Å². The summed E-state index contributed by atoms with van der Waals surface area (Å²) >= 11 is 0. The first-order valence-electron chi connectivity index (χ1n) is 14.3. The number of carbonyl (C=O) groups is 4. The number of carbonyl (C=O) groups excluding carboxylic acids is 4. The molecule has 0 heterocycles. The van der Waals surface area contributed by atoms with Crippen LogP contribution in [0.25, 0.3) is 0 Å². The van der Waals surface area contributed by atoms with Crippen LogP contribution in [-0.4, -0.2) is 37.1 Å². The van der Waals surface area contributed by atoms with Gasteiger partial charge in [0, 0.05) is 0 Å². The normalized spacial score (nSPS) is 23.2. The predicted molar refractivity (Wildman–Crippen MR) is 140 cm³/mol. The van der Waals surface area contributed by atoms with E-state index in [-0.39, 0.29) is 47.5 Å². The van der Waals surface area contributed by atoms with Gasteiger partial charge in [0.2, 0.25) is 0 Å². The molecule has 38 heavy (non-hydrogen) atoms. The number of ether oxygens (including phenoxy) is 4. The number of unbranched alkanes of at least 4 members (excludes halogenated alkanes) is 2. The first-order valence-corrected chi connectivity index (χ1v) is 14.3. The zero-order chi connectivity index (χ0) is 27.3. The summed E-state index contributed by atoms with van der Waals surface area (Å²) in [6.07, 6.45) is 8.59. The smallest absolute Gasteiger partial charge is 0.314 e. The van der Waals surface area contributed by atoms with Gasteiger partial charge in [0.1, 0.15) is 11.5 Å². The van der Waals surface area contributed by atoms with E-state index in [2.05, 4.69) is 0 Å². The SMILES string of the molecule is CCCCOC(=O)[C@H]1CC[C@H](C(=O)Oc2ccc(OC(=O)[C@H]3CC[C@H](C(=O)OCCCC)CC3)cc2)CC1. The van der Waals surface area contributed by atoms with Crippen LogP contribution in [0.5, 0.6) is 11.5 Å². The highest BCUT2D eigenvalue weighted by Crippen LogP contribution is 2.33. The minimum atomic E-state index is -0.308. The predicted octanol–water partition coefficient (Wildman–Crippen LogP) is 5.80. The molecule has 8 nitrogen and oxygen atoms in total. The van der Waals surface area contributed by atoms with Gasteiger partial charge >= 0.3 is 23.9 Å².